The second kappa shape index (κ2) is 4.33. The second-order valence-corrected chi connectivity index (χ2v) is 6.26. The van der Waals surface area contributed by atoms with E-state index in [1.54, 1.807) is 0 Å². The van der Waals surface area contributed by atoms with Gasteiger partial charge < -0.3 is 4.98 Å². The van der Waals surface area contributed by atoms with E-state index in [-0.39, 0.29) is 11.0 Å². The summed E-state index contributed by atoms with van der Waals surface area (Å²) in [6, 6.07) is 0. The van der Waals surface area contributed by atoms with Crippen molar-refractivity contribution < 1.29 is 0 Å². The first-order chi connectivity index (χ1) is 9.44. The van der Waals surface area contributed by atoms with Crippen molar-refractivity contribution in [1.82, 2.24) is 19.5 Å². The normalized spacial score (nSPS) is 21.6. The van der Waals surface area contributed by atoms with Crippen molar-refractivity contribution in [3.05, 3.63) is 26.7 Å². The van der Waals surface area contributed by atoms with Gasteiger partial charge in [0.1, 0.15) is 11.3 Å². The number of nitrogens with one attached hydrogen (secondary N) is 2. The van der Waals surface area contributed by atoms with Gasteiger partial charge >= 0.3 is 5.69 Å². The molecule has 108 valence electrons. The van der Waals surface area contributed by atoms with Crippen LogP contribution in [0.4, 0.5) is 0 Å². The fraction of sp³-hybridized carbons (Fsp3) is 0.643. The van der Waals surface area contributed by atoms with Crippen LogP contribution in [-0.4, -0.2) is 19.5 Å². The molecule has 6 heteroatoms. The number of nitrogens with zero attached hydrogens (tertiary/aromatic N) is 2. The lowest BCUT2D eigenvalue weighted by molar-refractivity contribution is 0.323. The predicted molar refractivity (Wildman–Crippen MR) is 77.0 cm³/mol. The molecule has 1 fully saturated rings. The standard InChI is InChI=1S/C14H20N4O2/c1-4-18-11-9(12(19)17-13(18)20)15-10(16-11)8-6-5-7-14(8,2)3/h8H,4-7H2,1-3H3,(H,15,16)(H,17,19,20). The molecule has 2 aromatic rings. The van der Waals surface area contributed by atoms with Crippen LogP contribution in [0, 0.1) is 5.41 Å². The average molecular weight is 276 g/mol. The number of H-pyrrole nitrogens is 2. The van der Waals surface area contributed by atoms with Crippen molar-refractivity contribution in [1.29, 1.82) is 0 Å². The maximum Gasteiger partial charge on any atom is 0.330 e. The van der Waals surface area contributed by atoms with Crippen molar-refractivity contribution in [2.75, 3.05) is 0 Å². The van der Waals surface area contributed by atoms with E-state index in [1.807, 2.05) is 6.92 Å². The summed E-state index contributed by atoms with van der Waals surface area (Å²) in [7, 11) is 0. The molecule has 2 N–H and O–H groups in total. The average Bonchev–Trinajstić information content (AvgIpc) is 2.93. The minimum Gasteiger partial charge on any atom is -0.336 e. The van der Waals surface area contributed by atoms with E-state index in [2.05, 4.69) is 28.8 Å². The lowest BCUT2D eigenvalue weighted by atomic mass is 9.81. The van der Waals surface area contributed by atoms with Gasteiger partial charge in [-0.1, -0.05) is 20.3 Å². The first-order valence-electron chi connectivity index (χ1n) is 7.17. The first-order valence-corrected chi connectivity index (χ1v) is 7.17. The summed E-state index contributed by atoms with van der Waals surface area (Å²) < 4.78 is 1.50. The van der Waals surface area contributed by atoms with E-state index >= 15 is 0 Å². The smallest absolute Gasteiger partial charge is 0.330 e. The number of aromatic amines is 2. The van der Waals surface area contributed by atoms with Gasteiger partial charge in [0.15, 0.2) is 5.65 Å². The van der Waals surface area contributed by atoms with Gasteiger partial charge in [-0.3, -0.25) is 14.3 Å². The third kappa shape index (κ3) is 1.82. The maximum atomic E-state index is 11.9. The third-order valence-electron chi connectivity index (χ3n) is 4.55. The number of hydrogen-bond acceptors (Lipinski definition) is 3. The monoisotopic (exact) mass is 276 g/mol. The summed E-state index contributed by atoms with van der Waals surface area (Å²) in [6.07, 6.45) is 3.40. The maximum absolute atomic E-state index is 11.9. The van der Waals surface area contributed by atoms with E-state index in [0.717, 1.165) is 18.7 Å². The molecule has 3 rings (SSSR count). The zero-order valence-electron chi connectivity index (χ0n) is 12.1. The molecule has 1 aliphatic carbocycles. The van der Waals surface area contributed by atoms with E-state index in [9.17, 15) is 9.59 Å². The molecule has 6 nitrogen and oxygen atoms in total. The van der Waals surface area contributed by atoms with Crippen LogP contribution in [0.15, 0.2) is 9.59 Å². The van der Waals surface area contributed by atoms with Gasteiger partial charge in [-0.05, 0) is 25.2 Å². The first kappa shape index (κ1) is 13.1. The lowest BCUT2D eigenvalue weighted by Gasteiger charge is -2.24. The molecule has 1 atom stereocenters. The molecule has 1 aliphatic rings. The second-order valence-electron chi connectivity index (χ2n) is 6.26. The Morgan fingerprint density at radius 2 is 2.10 bits per heavy atom. The summed E-state index contributed by atoms with van der Waals surface area (Å²) in [4.78, 5) is 33.8. The number of fused-ring (bicyclic) bond motifs is 1. The fourth-order valence-electron chi connectivity index (χ4n) is 3.35. The minimum atomic E-state index is -0.395. The molecule has 20 heavy (non-hydrogen) atoms. The van der Waals surface area contributed by atoms with Crippen LogP contribution in [0.2, 0.25) is 0 Å². The number of aryl methyl sites for hydroxylation is 1. The highest BCUT2D eigenvalue weighted by Crippen LogP contribution is 2.47. The molecule has 1 saturated carbocycles. The largest absolute Gasteiger partial charge is 0.336 e. The molecule has 0 amide bonds. The molecule has 2 aromatic heterocycles. The third-order valence-corrected chi connectivity index (χ3v) is 4.55. The zero-order valence-corrected chi connectivity index (χ0v) is 12.1. The summed E-state index contributed by atoms with van der Waals surface area (Å²) in [5.41, 5.74) is 0.277. The van der Waals surface area contributed by atoms with E-state index in [1.165, 1.54) is 11.0 Å². The highest BCUT2D eigenvalue weighted by atomic mass is 16.2. The summed E-state index contributed by atoms with van der Waals surface area (Å²) >= 11 is 0. The Kier molecular flexibility index (Phi) is 2.84. The molecular weight excluding hydrogens is 256 g/mol. The molecule has 0 saturated heterocycles. The molecular formula is C14H20N4O2. The Hall–Kier alpha value is -1.85. The molecule has 0 radical (unpaired) electrons. The number of aromatic nitrogens is 4. The van der Waals surface area contributed by atoms with Gasteiger partial charge in [0.05, 0.1) is 0 Å². The number of imidazole rings is 1. The van der Waals surface area contributed by atoms with Crippen LogP contribution in [0.25, 0.3) is 11.2 Å². The Morgan fingerprint density at radius 1 is 1.35 bits per heavy atom. The van der Waals surface area contributed by atoms with Crippen LogP contribution >= 0.6 is 0 Å². The van der Waals surface area contributed by atoms with Crippen molar-refractivity contribution in [3.8, 4) is 0 Å². The van der Waals surface area contributed by atoms with E-state index in [4.69, 9.17) is 0 Å². The van der Waals surface area contributed by atoms with Crippen LogP contribution in [0.1, 0.15) is 51.8 Å². The van der Waals surface area contributed by atoms with Crippen LogP contribution in [-0.2, 0) is 6.54 Å². The van der Waals surface area contributed by atoms with Gasteiger partial charge in [0.2, 0.25) is 0 Å². The van der Waals surface area contributed by atoms with Gasteiger partial charge in [0, 0.05) is 12.5 Å². The van der Waals surface area contributed by atoms with Crippen LogP contribution in [0.3, 0.4) is 0 Å². The number of hydrogen-bond donors (Lipinski definition) is 2. The Morgan fingerprint density at radius 3 is 2.70 bits per heavy atom. The van der Waals surface area contributed by atoms with Crippen molar-refractivity contribution >= 4 is 11.2 Å². The lowest BCUT2D eigenvalue weighted by Crippen LogP contribution is -2.29. The topological polar surface area (TPSA) is 83.5 Å². The molecule has 0 bridgehead atoms. The number of rotatable bonds is 2. The molecule has 2 heterocycles. The van der Waals surface area contributed by atoms with Crippen molar-refractivity contribution in [3.63, 3.8) is 0 Å². The summed E-state index contributed by atoms with van der Waals surface area (Å²) in [5.74, 6) is 1.15. The molecule has 0 aliphatic heterocycles. The highest BCUT2D eigenvalue weighted by molar-refractivity contribution is 5.69. The van der Waals surface area contributed by atoms with E-state index < -0.39 is 5.69 Å². The summed E-state index contributed by atoms with van der Waals surface area (Å²) in [6.45, 7) is 6.82. The van der Waals surface area contributed by atoms with Gasteiger partial charge in [-0.2, -0.15) is 0 Å². The SMILES string of the molecule is CCn1c(=O)[nH]c(=O)c2[nH]c(C3CCCC3(C)C)nc21. The quantitative estimate of drug-likeness (QED) is 0.876. The zero-order chi connectivity index (χ0) is 14.5. The Labute approximate surface area is 116 Å². The summed E-state index contributed by atoms with van der Waals surface area (Å²) in [5, 5.41) is 0. The molecule has 0 spiro atoms. The molecule has 1 unspecified atom stereocenters. The minimum absolute atomic E-state index is 0.179. The van der Waals surface area contributed by atoms with Gasteiger partial charge in [-0.25, -0.2) is 9.78 Å². The Bertz CT molecular complexity index is 766. The van der Waals surface area contributed by atoms with Crippen LogP contribution in [0.5, 0.6) is 0 Å². The van der Waals surface area contributed by atoms with E-state index in [0.29, 0.717) is 23.6 Å². The van der Waals surface area contributed by atoms with Gasteiger partial charge in [-0.15, -0.1) is 0 Å². The Balaban J connectivity index is 2.23. The van der Waals surface area contributed by atoms with Crippen molar-refractivity contribution in [2.45, 2.75) is 52.5 Å². The predicted octanol–water partition coefficient (Wildman–Crippen LogP) is 1.73. The van der Waals surface area contributed by atoms with Gasteiger partial charge in [0.25, 0.3) is 5.56 Å². The van der Waals surface area contributed by atoms with Crippen LogP contribution < -0.4 is 11.2 Å². The molecule has 0 aromatic carbocycles. The highest BCUT2D eigenvalue weighted by Gasteiger charge is 2.37. The fourth-order valence-corrected chi connectivity index (χ4v) is 3.35. The van der Waals surface area contributed by atoms with Crippen molar-refractivity contribution in [2.24, 2.45) is 5.41 Å².